The van der Waals surface area contributed by atoms with E-state index in [2.05, 4.69) is 5.32 Å². The van der Waals surface area contributed by atoms with Gasteiger partial charge in [0.15, 0.2) is 0 Å². The standard InChI is InChI=1S/C15H24F2N2O2/c1-10(2)6-14(20)18-8-12(5)19(9-13(16)17)15(21)7-11(3)4/h6-7,12-13H,8-9H2,1-5H3,(H,18,20)/t12-/m0/s1. The van der Waals surface area contributed by atoms with E-state index >= 15 is 0 Å². The molecule has 0 aromatic heterocycles. The predicted molar refractivity (Wildman–Crippen MR) is 79.1 cm³/mol. The van der Waals surface area contributed by atoms with Crippen LogP contribution < -0.4 is 5.32 Å². The summed E-state index contributed by atoms with van der Waals surface area (Å²) in [4.78, 5) is 24.5. The Bertz CT molecular complexity index is 423. The Morgan fingerprint density at radius 1 is 1.10 bits per heavy atom. The highest BCUT2D eigenvalue weighted by atomic mass is 19.3. The summed E-state index contributed by atoms with van der Waals surface area (Å²) >= 11 is 0. The van der Waals surface area contributed by atoms with Crippen LogP contribution in [0.5, 0.6) is 0 Å². The number of halogens is 2. The third-order valence-electron chi connectivity index (χ3n) is 2.55. The fraction of sp³-hybridized carbons (Fsp3) is 0.600. The molecular formula is C15H24F2N2O2. The monoisotopic (exact) mass is 302 g/mol. The minimum absolute atomic E-state index is 0.123. The van der Waals surface area contributed by atoms with Crippen molar-refractivity contribution in [1.82, 2.24) is 10.2 Å². The van der Waals surface area contributed by atoms with Gasteiger partial charge in [0.2, 0.25) is 11.8 Å². The van der Waals surface area contributed by atoms with Gasteiger partial charge >= 0.3 is 0 Å². The number of carbonyl (C=O) groups is 2. The average molecular weight is 302 g/mol. The average Bonchev–Trinajstić information content (AvgIpc) is 2.30. The molecule has 2 amide bonds. The van der Waals surface area contributed by atoms with E-state index in [9.17, 15) is 18.4 Å². The van der Waals surface area contributed by atoms with E-state index in [1.165, 1.54) is 12.2 Å². The summed E-state index contributed by atoms with van der Waals surface area (Å²) in [6.45, 7) is 8.11. The molecule has 4 nitrogen and oxygen atoms in total. The molecule has 0 spiro atoms. The van der Waals surface area contributed by atoms with Crippen molar-refractivity contribution in [2.24, 2.45) is 0 Å². The normalized spacial score (nSPS) is 11.6. The van der Waals surface area contributed by atoms with Crippen molar-refractivity contribution < 1.29 is 18.4 Å². The first-order valence-electron chi connectivity index (χ1n) is 6.79. The largest absolute Gasteiger partial charge is 0.350 e. The van der Waals surface area contributed by atoms with Gasteiger partial charge in [0.1, 0.15) is 0 Å². The summed E-state index contributed by atoms with van der Waals surface area (Å²) < 4.78 is 25.2. The van der Waals surface area contributed by atoms with Crippen LogP contribution in [0.15, 0.2) is 23.3 Å². The number of amides is 2. The van der Waals surface area contributed by atoms with E-state index < -0.39 is 24.9 Å². The molecule has 6 heteroatoms. The number of allylic oxidation sites excluding steroid dienone is 2. The maximum absolute atomic E-state index is 12.6. The van der Waals surface area contributed by atoms with E-state index in [-0.39, 0.29) is 12.5 Å². The van der Waals surface area contributed by atoms with Crippen molar-refractivity contribution in [2.45, 2.75) is 47.1 Å². The van der Waals surface area contributed by atoms with Gasteiger partial charge in [0.25, 0.3) is 6.43 Å². The first kappa shape index (κ1) is 19.3. The van der Waals surface area contributed by atoms with Gasteiger partial charge in [-0.15, -0.1) is 0 Å². The SMILES string of the molecule is CC(C)=CC(=O)NC[C@H](C)N(CC(F)F)C(=O)C=C(C)C. The van der Waals surface area contributed by atoms with Gasteiger partial charge in [-0.25, -0.2) is 8.78 Å². The number of nitrogens with zero attached hydrogens (tertiary/aromatic N) is 1. The molecule has 0 fully saturated rings. The van der Waals surface area contributed by atoms with E-state index in [0.717, 1.165) is 16.0 Å². The molecule has 0 bridgehead atoms. The maximum Gasteiger partial charge on any atom is 0.255 e. The molecule has 0 rings (SSSR count). The zero-order chi connectivity index (χ0) is 16.6. The van der Waals surface area contributed by atoms with E-state index in [4.69, 9.17) is 0 Å². The zero-order valence-corrected chi connectivity index (χ0v) is 13.2. The summed E-state index contributed by atoms with van der Waals surface area (Å²) in [6, 6.07) is -0.517. The molecule has 0 aromatic carbocycles. The Balaban J connectivity index is 4.77. The first-order chi connectivity index (χ1) is 9.63. The highest BCUT2D eigenvalue weighted by molar-refractivity contribution is 5.89. The minimum atomic E-state index is -2.62. The van der Waals surface area contributed by atoms with Crippen molar-refractivity contribution in [3.8, 4) is 0 Å². The second-order valence-corrected chi connectivity index (χ2v) is 5.42. The van der Waals surface area contributed by atoms with Gasteiger partial charge < -0.3 is 10.2 Å². The fourth-order valence-electron chi connectivity index (χ4n) is 1.64. The lowest BCUT2D eigenvalue weighted by molar-refractivity contribution is -0.130. The van der Waals surface area contributed by atoms with E-state index in [1.54, 1.807) is 34.6 Å². The molecule has 1 atom stereocenters. The van der Waals surface area contributed by atoms with Crippen molar-refractivity contribution in [1.29, 1.82) is 0 Å². The van der Waals surface area contributed by atoms with Crippen LogP contribution in [0.1, 0.15) is 34.6 Å². The minimum Gasteiger partial charge on any atom is -0.350 e. The molecule has 0 aliphatic rings. The molecule has 0 saturated heterocycles. The molecule has 0 saturated carbocycles. The Hall–Kier alpha value is -1.72. The molecule has 0 radical (unpaired) electrons. The van der Waals surface area contributed by atoms with Crippen molar-refractivity contribution in [3.05, 3.63) is 23.3 Å². The second-order valence-electron chi connectivity index (χ2n) is 5.42. The highest BCUT2D eigenvalue weighted by Gasteiger charge is 2.22. The van der Waals surface area contributed by atoms with E-state index in [1.807, 2.05) is 0 Å². The molecule has 120 valence electrons. The Morgan fingerprint density at radius 2 is 1.62 bits per heavy atom. The van der Waals surface area contributed by atoms with Gasteiger partial charge in [-0.3, -0.25) is 9.59 Å². The van der Waals surface area contributed by atoms with Gasteiger partial charge in [0, 0.05) is 24.7 Å². The fourth-order valence-corrected chi connectivity index (χ4v) is 1.64. The molecule has 21 heavy (non-hydrogen) atoms. The number of carbonyl (C=O) groups excluding carboxylic acids is 2. The maximum atomic E-state index is 12.6. The molecule has 0 aromatic rings. The summed E-state index contributed by atoms with van der Waals surface area (Å²) in [5.74, 6) is -0.771. The number of hydrogen-bond acceptors (Lipinski definition) is 2. The van der Waals surface area contributed by atoms with Crippen LogP contribution in [0.25, 0.3) is 0 Å². The quantitative estimate of drug-likeness (QED) is 0.735. The number of rotatable bonds is 7. The lowest BCUT2D eigenvalue weighted by Gasteiger charge is -2.28. The summed E-state index contributed by atoms with van der Waals surface area (Å²) in [5, 5.41) is 2.60. The van der Waals surface area contributed by atoms with E-state index in [0.29, 0.717) is 0 Å². The first-order valence-corrected chi connectivity index (χ1v) is 6.79. The Kier molecular flexibility index (Phi) is 8.50. The van der Waals surface area contributed by atoms with Crippen LogP contribution in [0.4, 0.5) is 8.78 Å². The van der Waals surface area contributed by atoms with Crippen LogP contribution >= 0.6 is 0 Å². The van der Waals surface area contributed by atoms with Crippen LogP contribution in [0.2, 0.25) is 0 Å². The van der Waals surface area contributed by atoms with Crippen LogP contribution in [-0.4, -0.2) is 42.3 Å². The van der Waals surface area contributed by atoms with Gasteiger partial charge in [-0.2, -0.15) is 0 Å². The lowest BCUT2D eigenvalue weighted by Crippen LogP contribution is -2.46. The highest BCUT2D eigenvalue weighted by Crippen LogP contribution is 2.07. The van der Waals surface area contributed by atoms with Crippen molar-refractivity contribution in [2.75, 3.05) is 13.1 Å². The summed E-state index contributed by atoms with van der Waals surface area (Å²) in [7, 11) is 0. The molecule has 0 heterocycles. The Morgan fingerprint density at radius 3 is 2.05 bits per heavy atom. The molecule has 1 N–H and O–H groups in total. The van der Waals surface area contributed by atoms with Crippen LogP contribution in [0, 0.1) is 0 Å². The predicted octanol–water partition coefficient (Wildman–Crippen LogP) is 2.52. The van der Waals surface area contributed by atoms with Crippen molar-refractivity contribution in [3.63, 3.8) is 0 Å². The van der Waals surface area contributed by atoms with Crippen molar-refractivity contribution >= 4 is 11.8 Å². The second kappa shape index (κ2) is 9.26. The van der Waals surface area contributed by atoms with Crippen LogP contribution in [-0.2, 0) is 9.59 Å². The summed E-state index contributed by atoms with van der Waals surface area (Å²) in [6.07, 6.45) is 0.120. The third-order valence-corrected chi connectivity index (χ3v) is 2.55. The summed E-state index contributed by atoms with van der Waals surface area (Å²) in [5.41, 5.74) is 1.57. The van der Waals surface area contributed by atoms with Gasteiger partial charge in [-0.05, 0) is 34.6 Å². The zero-order valence-electron chi connectivity index (χ0n) is 13.2. The van der Waals surface area contributed by atoms with Gasteiger partial charge in [-0.1, -0.05) is 11.1 Å². The molecule has 0 aliphatic carbocycles. The Labute approximate surface area is 124 Å². The molecular weight excluding hydrogens is 278 g/mol. The third kappa shape index (κ3) is 8.94. The number of nitrogens with one attached hydrogen (secondary N) is 1. The smallest absolute Gasteiger partial charge is 0.255 e. The van der Waals surface area contributed by atoms with Crippen LogP contribution in [0.3, 0.4) is 0 Å². The van der Waals surface area contributed by atoms with Gasteiger partial charge in [0.05, 0.1) is 6.54 Å². The molecule has 0 aliphatic heterocycles. The number of hydrogen-bond donors (Lipinski definition) is 1. The number of alkyl halides is 2. The lowest BCUT2D eigenvalue weighted by atomic mass is 10.2. The molecule has 0 unspecified atom stereocenters. The topological polar surface area (TPSA) is 49.4 Å².